The SMILES string of the molecule is CSc1nc(Nc2cccc(C)c2)c(C#N)c(-c2ccc(Cl)cc2)n1. The van der Waals surface area contributed by atoms with Crippen LogP contribution in [0.3, 0.4) is 0 Å². The first-order chi connectivity index (χ1) is 12.1. The molecule has 3 aromatic rings. The molecule has 0 spiro atoms. The van der Waals surface area contributed by atoms with Crippen LogP contribution in [0.4, 0.5) is 11.5 Å². The lowest BCUT2D eigenvalue weighted by Crippen LogP contribution is -2.03. The summed E-state index contributed by atoms with van der Waals surface area (Å²) in [6.45, 7) is 2.02. The molecule has 0 unspecified atom stereocenters. The summed E-state index contributed by atoms with van der Waals surface area (Å²) in [6.07, 6.45) is 1.91. The number of benzene rings is 2. The van der Waals surface area contributed by atoms with Crippen molar-refractivity contribution in [3.05, 3.63) is 64.7 Å². The molecule has 0 bridgehead atoms. The molecular weight excluding hydrogens is 352 g/mol. The highest BCUT2D eigenvalue weighted by Gasteiger charge is 2.16. The monoisotopic (exact) mass is 366 g/mol. The molecule has 0 radical (unpaired) electrons. The van der Waals surface area contributed by atoms with Gasteiger partial charge in [-0.2, -0.15) is 5.26 Å². The van der Waals surface area contributed by atoms with Crippen molar-refractivity contribution in [1.82, 2.24) is 9.97 Å². The lowest BCUT2D eigenvalue weighted by molar-refractivity contribution is 0.975. The van der Waals surface area contributed by atoms with Gasteiger partial charge in [-0.15, -0.1) is 0 Å². The van der Waals surface area contributed by atoms with Gasteiger partial charge in [0.2, 0.25) is 0 Å². The summed E-state index contributed by atoms with van der Waals surface area (Å²) in [5.74, 6) is 0.498. The van der Waals surface area contributed by atoms with E-state index >= 15 is 0 Å². The zero-order valence-corrected chi connectivity index (χ0v) is 15.3. The number of thioether (sulfide) groups is 1. The smallest absolute Gasteiger partial charge is 0.189 e. The predicted octanol–water partition coefficient (Wildman–Crippen LogP) is 5.44. The van der Waals surface area contributed by atoms with Crippen molar-refractivity contribution in [2.45, 2.75) is 12.1 Å². The maximum Gasteiger partial charge on any atom is 0.189 e. The molecule has 124 valence electrons. The van der Waals surface area contributed by atoms with E-state index in [1.54, 1.807) is 12.1 Å². The van der Waals surface area contributed by atoms with Crippen LogP contribution in [-0.2, 0) is 0 Å². The molecule has 25 heavy (non-hydrogen) atoms. The summed E-state index contributed by atoms with van der Waals surface area (Å²) in [5.41, 5.74) is 3.83. The van der Waals surface area contributed by atoms with Crippen molar-refractivity contribution in [1.29, 1.82) is 5.26 Å². The minimum atomic E-state index is 0.404. The van der Waals surface area contributed by atoms with Crippen LogP contribution in [0, 0.1) is 18.3 Å². The molecule has 4 nitrogen and oxygen atoms in total. The Balaban J connectivity index is 2.13. The summed E-state index contributed by atoms with van der Waals surface area (Å²) >= 11 is 7.40. The van der Waals surface area contributed by atoms with Crippen molar-refractivity contribution in [3.63, 3.8) is 0 Å². The van der Waals surface area contributed by atoms with Crippen LogP contribution >= 0.6 is 23.4 Å². The van der Waals surface area contributed by atoms with Crippen LogP contribution in [0.1, 0.15) is 11.1 Å². The van der Waals surface area contributed by atoms with Crippen molar-refractivity contribution in [2.75, 3.05) is 11.6 Å². The van der Waals surface area contributed by atoms with E-state index in [4.69, 9.17) is 11.6 Å². The topological polar surface area (TPSA) is 61.6 Å². The summed E-state index contributed by atoms with van der Waals surface area (Å²) in [6, 6.07) is 17.4. The number of aromatic nitrogens is 2. The van der Waals surface area contributed by atoms with E-state index in [-0.39, 0.29) is 0 Å². The van der Waals surface area contributed by atoms with Crippen LogP contribution in [0.5, 0.6) is 0 Å². The van der Waals surface area contributed by atoms with Gasteiger partial charge in [-0.05, 0) is 43.0 Å². The largest absolute Gasteiger partial charge is 0.339 e. The fourth-order valence-electron chi connectivity index (χ4n) is 2.40. The number of rotatable bonds is 4. The maximum absolute atomic E-state index is 9.71. The minimum absolute atomic E-state index is 0.404. The Labute approximate surface area is 155 Å². The molecular formula is C19H15ClN4S. The van der Waals surface area contributed by atoms with Crippen molar-refractivity contribution < 1.29 is 0 Å². The Morgan fingerprint density at radius 3 is 2.52 bits per heavy atom. The lowest BCUT2D eigenvalue weighted by atomic mass is 10.1. The molecule has 1 N–H and O–H groups in total. The minimum Gasteiger partial charge on any atom is -0.339 e. The van der Waals surface area contributed by atoms with Gasteiger partial charge in [0.25, 0.3) is 0 Å². The number of hydrogen-bond donors (Lipinski definition) is 1. The zero-order chi connectivity index (χ0) is 17.8. The van der Waals surface area contributed by atoms with E-state index < -0.39 is 0 Å². The number of aryl methyl sites for hydroxylation is 1. The van der Waals surface area contributed by atoms with Crippen LogP contribution in [0.15, 0.2) is 53.7 Å². The molecule has 0 fully saturated rings. The highest BCUT2D eigenvalue weighted by Crippen LogP contribution is 2.30. The van der Waals surface area contributed by atoms with Crippen LogP contribution in [0.2, 0.25) is 5.02 Å². The summed E-state index contributed by atoms with van der Waals surface area (Å²) in [5, 5.41) is 14.2. The van der Waals surface area contributed by atoms with Crippen molar-refractivity contribution in [2.24, 2.45) is 0 Å². The Morgan fingerprint density at radius 1 is 1.12 bits per heavy atom. The van der Waals surface area contributed by atoms with Gasteiger partial charge in [-0.25, -0.2) is 9.97 Å². The second-order valence-electron chi connectivity index (χ2n) is 5.40. The number of nitrogens with zero attached hydrogens (tertiary/aromatic N) is 3. The van der Waals surface area contributed by atoms with Gasteiger partial charge in [-0.3, -0.25) is 0 Å². The van der Waals surface area contributed by atoms with Crippen LogP contribution in [0.25, 0.3) is 11.3 Å². The molecule has 0 aliphatic heterocycles. The molecule has 0 aliphatic carbocycles. The van der Waals surface area contributed by atoms with E-state index in [1.165, 1.54) is 11.8 Å². The van der Waals surface area contributed by atoms with E-state index in [0.717, 1.165) is 16.8 Å². The van der Waals surface area contributed by atoms with Gasteiger partial charge in [0, 0.05) is 16.3 Å². The summed E-state index contributed by atoms with van der Waals surface area (Å²) in [7, 11) is 0. The number of anilines is 2. The van der Waals surface area contributed by atoms with Gasteiger partial charge in [-0.1, -0.05) is 47.6 Å². The number of hydrogen-bond acceptors (Lipinski definition) is 5. The van der Waals surface area contributed by atoms with Crippen LogP contribution < -0.4 is 5.32 Å². The van der Waals surface area contributed by atoms with Crippen LogP contribution in [-0.4, -0.2) is 16.2 Å². The second-order valence-corrected chi connectivity index (χ2v) is 6.61. The highest BCUT2D eigenvalue weighted by molar-refractivity contribution is 7.98. The normalized spacial score (nSPS) is 10.3. The first kappa shape index (κ1) is 17.3. The molecule has 0 amide bonds. The third-order valence-electron chi connectivity index (χ3n) is 3.58. The molecule has 6 heteroatoms. The Morgan fingerprint density at radius 2 is 1.88 bits per heavy atom. The first-order valence-corrected chi connectivity index (χ1v) is 9.16. The Hall–Kier alpha value is -2.55. The fourth-order valence-corrected chi connectivity index (χ4v) is 2.90. The van der Waals surface area contributed by atoms with Crippen molar-refractivity contribution >= 4 is 34.9 Å². The molecule has 2 aromatic carbocycles. The Bertz CT molecular complexity index is 949. The van der Waals surface area contributed by atoms with E-state index in [2.05, 4.69) is 21.4 Å². The lowest BCUT2D eigenvalue weighted by Gasteiger charge is -2.12. The van der Waals surface area contributed by atoms with E-state index in [9.17, 15) is 5.26 Å². The highest BCUT2D eigenvalue weighted by atomic mass is 35.5. The van der Waals surface area contributed by atoms with Gasteiger partial charge < -0.3 is 5.32 Å². The molecule has 3 rings (SSSR count). The third-order valence-corrected chi connectivity index (χ3v) is 4.38. The molecule has 0 aliphatic rings. The third kappa shape index (κ3) is 3.93. The summed E-state index contributed by atoms with van der Waals surface area (Å²) in [4.78, 5) is 9.01. The average molecular weight is 367 g/mol. The van der Waals surface area contributed by atoms with E-state index in [0.29, 0.717) is 27.3 Å². The van der Waals surface area contributed by atoms with Gasteiger partial charge in [0.05, 0.1) is 5.69 Å². The molecule has 1 heterocycles. The number of halogens is 1. The molecule has 1 aromatic heterocycles. The Kier molecular flexibility index (Phi) is 5.22. The number of nitrogens with one attached hydrogen (secondary N) is 1. The number of nitriles is 1. The molecule has 0 saturated heterocycles. The zero-order valence-electron chi connectivity index (χ0n) is 13.7. The average Bonchev–Trinajstić information content (AvgIpc) is 2.61. The van der Waals surface area contributed by atoms with Gasteiger partial charge >= 0.3 is 0 Å². The standard InChI is InChI=1S/C19H15ClN4S/c1-12-4-3-5-15(10-12)22-18-16(11-21)17(23-19(24-18)25-2)13-6-8-14(20)9-7-13/h3-10H,1-2H3,(H,22,23,24). The quantitative estimate of drug-likeness (QED) is 0.492. The van der Waals surface area contributed by atoms with Crippen molar-refractivity contribution in [3.8, 4) is 17.3 Å². The van der Waals surface area contributed by atoms with E-state index in [1.807, 2.05) is 49.6 Å². The second kappa shape index (κ2) is 7.56. The molecule has 0 saturated carbocycles. The molecule has 0 atom stereocenters. The maximum atomic E-state index is 9.71. The van der Waals surface area contributed by atoms with Gasteiger partial charge in [0.1, 0.15) is 11.6 Å². The fraction of sp³-hybridized carbons (Fsp3) is 0.105. The predicted molar refractivity (Wildman–Crippen MR) is 103 cm³/mol. The summed E-state index contributed by atoms with van der Waals surface area (Å²) < 4.78 is 0. The first-order valence-electron chi connectivity index (χ1n) is 7.56. The van der Waals surface area contributed by atoms with Gasteiger partial charge in [0.15, 0.2) is 11.0 Å².